The first-order valence-corrected chi connectivity index (χ1v) is 14.0. The van der Waals surface area contributed by atoms with E-state index >= 15 is 0 Å². The Balaban J connectivity index is 1.23. The van der Waals surface area contributed by atoms with Gasteiger partial charge in [-0.3, -0.25) is 14.5 Å². The normalized spacial score (nSPS) is 21.4. The van der Waals surface area contributed by atoms with Crippen LogP contribution in [0.25, 0.3) is 0 Å². The number of aromatic nitrogens is 2. The number of anilines is 1. The van der Waals surface area contributed by atoms with Crippen molar-refractivity contribution in [2.75, 3.05) is 44.2 Å². The van der Waals surface area contributed by atoms with Crippen LogP contribution in [0.15, 0.2) is 12.4 Å². The van der Waals surface area contributed by atoms with E-state index in [9.17, 15) is 22.8 Å². The van der Waals surface area contributed by atoms with Gasteiger partial charge in [-0.15, -0.1) is 0 Å². The van der Waals surface area contributed by atoms with E-state index in [-0.39, 0.29) is 43.7 Å². The summed E-state index contributed by atoms with van der Waals surface area (Å²) in [5.41, 5.74) is 4.84. The summed E-state index contributed by atoms with van der Waals surface area (Å²) < 4.78 is 37.7. The van der Waals surface area contributed by atoms with Crippen LogP contribution in [0.5, 0.6) is 5.88 Å². The first-order valence-electron chi connectivity index (χ1n) is 12.5. The lowest BCUT2D eigenvalue weighted by atomic mass is 9.98. The number of piperidine rings is 1. The van der Waals surface area contributed by atoms with E-state index < -0.39 is 27.1 Å². The SMILES string of the molecule is CC(CC(N)=O)S(=O)(=O)N1CCN(c2cnc(OCC3CCN(C(=O)OC4(C)CC4)CC3)cn2)C(=O)C1. The zero-order chi connectivity index (χ0) is 26.8. The number of likely N-dealkylation sites (tertiary alicyclic amines) is 1. The third-order valence-electron chi connectivity index (χ3n) is 7.06. The van der Waals surface area contributed by atoms with Crippen LogP contribution in [0.3, 0.4) is 0 Å². The van der Waals surface area contributed by atoms with Crippen molar-refractivity contribution >= 4 is 33.7 Å². The Morgan fingerprint density at radius 1 is 1.16 bits per heavy atom. The summed E-state index contributed by atoms with van der Waals surface area (Å²) in [5.74, 6) is -0.260. The molecule has 4 rings (SSSR count). The molecule has 1 aromatic rings. The molecule has 0 radical (unpaired) electrons. The smallest absolute Gasteiger partial charge is 0.410 e. The molecule has 2 saturated heterocycles. The predicted octanol–water partition coefficient (Wildman–Crippen LogP) is 0.499. The lowest BCUT2D eigenvalue weighted by molar-refractivity contribution is -0.120. The fourth-order valence-corrected chi connectivity index (χ4v) is 5.83. The maximum atomic E-state index is 12.7. The molecular weight excluding hydrogens is 504 g/mol. The van der Waals surface area contributed by atoms with Crippen molar-refractivity contribution in [2.45, 2.75) is 56.8 Å². The molecule has 0 bridgehead atoms. The number of hydrogen-bond donors (Lipinski definition) is 1. The standard InChI is InChI=1S/C23H34N6O7S/c1-16(11-18(24)30)37(33,34)28-9-10-29(21(31)14-28)19-12-26-20(13-25-19)35-15-17-3-7-27(8-4-17)22(32)36-23(2)5-6-23/h12-13,16-17H,3-11,14-15H2,1-2H3,(H2,24,30). The molecule has 1 aliphatic carbocycles. The minimum absolute atomic E-state index is 0.0720. The fourth-order valence-electron chi connectivity index (χ4n) is 4.32. The average Bonchev–Trinajstić information content (AvgIpc) is 3.59. The number of rotatable bonds is 9. The van der Waals surface area contributed by atoms with Gasteiger partial charge in [-0.25, -0.2) is 23.2 Å². The Bertz CT molecular complexity index is 1120. The van der Waals surface area contributed by atoms with Gasteiger partial charge in [-0.05, 0) is 45.4 Å². The Labute approximate surface area is 216 Å². The van der Waals surface area contributed by atoms with E-state index in [1.807, 2.05) is 6.92 Å². The predicted molar refractivity (Wildman–Crippen MR) is 132 cm³/mol. The second-order valence-electron chi connectivity index (χ2n) is 10.2. The Kier molecular flexibility index (Phi) is 7.88. The fraction of sp³-hybridized carbons (Fsp3) is 0.696. The van der Waals surface area contributed by atoms with Crippen LogP contribution in [0.1, 0.15) is 46.0 Å². The molecule has 1 saturated carbocycles. The molecule has 0 spiro atoms. The van der Waals surface area contributed by atoms with Crippen molar-refractivity contribution in [3.8, 4) is 5.88 Å². The van der Waals surface area contributed by atoms with E-state index in [4.69, 9.17) is 15.2 Å². The van der Waals surface area contributed by atoms with Crippen molar-refractivity contribution in [3.63, 3.8) is 0 Å². The van der Waals surface area contributed by atoms with Crippen LogP contribution in [-0.2, 0) is 24.3 Å². The van der Waals surface area contributed by atoms with E-state index in [2.05, 4.69) is 9.97 Å². The zero-order valence-corrected chi connectivity index (χ0v) is 22.0. The van der Waals surface area contributed by atoms with Gasteiger partial charge in [0.2, 0.25) is 27.7 Å². The molecule has 3 amide bonds. The van der Waals surface area contributed by atoms with Crippen molar-refractivity contribution in [1.29, 1.82) is 0 Å². The molecule has 13 nitrogen and oxygen atoms in total. The average molecular weight is 539 g/mol. The van der Waals surface area contributed by atoms with Crippen molar-refractivity contribution in [3.05, 3.63) is 12.4 Å². The summed E-state index contributed by atoms with van der Waals surface area (Å²) in [5, 5.41) is -1.01. The number of nitrogens with two attached hydrogens (primary N) is 1. The molecule has 37 heavy (non-hydrogen) atoms. The monoisotopic (exact) mass is 538 g/mol. The maximum Gasteiger partial charge on any atom is 0.410 e. The topological polar surface area (TPSA) is 165 Å². The number of amides is 3. The summed E-state index contributed by atoms with van der Waals surface area (Å²) in [4.78, 5) is 47.6. The minimum Gasteiger partial charge on any atom is -0.476 e. The van der Waals surface area contributed by atoms with Crippen LogP contribution in [0.4, 0.5) is 10.6 Å². The van der Waals surface area contributed by atoms with Crippen molar-refractivity contribution in [2.24, 2.45) is 11.7 Å². The largest absolute Gasteiger partial charge is 0.476 e. The Morgan fingerprint density at radius 3 is 2.43 bits per heavy atom. The summed E-state index contributed by atoms with van der Waals surface area (Å²) in [6.07, 6.45) is 5.75. The molecule has 2 N–H and O–H groups in total. The number of carbonyl (C=O) groups excluding carboxylic acids is 3. The van der Waals surface area contributed by atoms with Crippen LogP contribution in [0, 0.1) is 5.92 Å². The Hall–Kier alpha value is -3.00. The third kappa shape index (κ3) is 6.66. The van der Waals surface area contributed by atoms with Crippen LogP contribution in [0.2, 0.25) is 0 Å². The van der Waals surface area contributed by atoms with Gasteiger partial charge < -0.3 is 20.1 Å². The molecule has 1 atom stereocenters. The number of primary amides is 1. The quantitative estimate of drug-likeness (QED) is 0.471. The van der Waals surface area contributed by atoms with Gasteiger partial charge in [-0.1, -0.05) is 0 Å². The molecule has 204 valence electrons. The zero-order valence-electron chi connectivity index (χ0n) is 21.2. The van der Waals surface area contributed by atoms with E-state index in [0.29, 0.717) is 31.4 Å². The van der Waals surface area contributed by atoms with E-state index in [1.54, 1.807) is 4.90 Å². The molecular formula is C23H34N6O7S. The number of carbonyl (C=O) groups is 3. The Morgan fingerprint density at radius 2 is 1.86 bits per heavy atom. The van der Waals surface area contributed by atoms with Gasteiger partial charge >= 0.3 is 6.09 Å². The summed E-state index contributed by atoms with van der Waals surface area (Å²) in [6, 6.07) is 0. The number of nitrogens with zero attached hydrogens (tertiary/aromatic N) is 5. The molecule has 1 unspecified atom stereocenters. The molecule has 3 fully saturated rings. The van der Waals surface area contributed by atoms with E-state index in [0.717, 1.165) is 30.0 Å². The minimum atomic E-state index is -3.83. The van der Waals surface area contributed by atoms with Crippen molar-refractivity contribution in [1.82, 2.24) is 19.2 Å². The summed E-state index contributed by atoms with van der Waals surface area (Å²) in [6.45, 7) is 4.86. The third-order valence-corrected chi connectivity index (χ3v) is 9.28. The van der Waals surface area contributed by atoms with Gasteiger partial charge in [0.25, 0.3) is 0 Å². The van der Waals surface area contributed by atoms with Gasteiger partial charge in [0.15, 0.2) is 5.82 Å². The molecule has 14 heteroatoms. The van der Waals surface area contributed by atoms with Crippen LogP contribution >= 0.6 is 0 Å². The molecule has 3 heterocycles. The first-order chi connectivity index (χ1) is 17.5. The highest BCUT2D eigenvalue weighted by atomic mass is 32.2. The lowest BCUT2D eigenvalue weighted by Gasteiger charge is -2.34. The highest BCUT2D eigenvalue weighted by Crippen LogP contribution is 2.39. The van der Waals surface area contributed by atoms with Gasteiger partial charge in [-0.2, -0.15) is 4.31 Å². The number of ether oxygens (including phenoxy) is 2. The number of piperazine rings is 1. The maximum absolute atomic E-state index is 12.7. The summed E-state index contributed by atoms with van der Waals surface area (Å²) >= 11 is 0. The highest BCUT2D eigenvalue weighted by molar-refractivity contribution is 7.89. The van der Waals surface area contributed by atoms with Crippen molar-refractivity contribution < 1.29 is 32.3 Å². The number of sulfonamides is 1. The molecule has 2 aliphatic heterocycles. The second-order valence-corrected chi connectivity index (χ2v) is 12.5. The van der Waals surface area contributed by atoms with Crippen LogP contribution in [-0.4, -0.2) is 95.7 Å². The molecule has 3 aliphatic rings. The highest BCUT2D eigenvalue weighted by Gasteiger charge is 2.43. The van der Waals surface area contributed by atoms with E-state index in [1.165, 1.54) is 24.2 Å². The van der Waals surface area contributed by atoms with Gasteiger partial charge in [0.05, 0.1) is 30.8 Å². The number of hydrogen-bond acceptors (Lipinski definition) is 9. The van der Waals surface area contributed by atoms with Crippen LogP contribution < -0.4 is 15.4 Å². The molecule has 0 aromatic carbocycles. The van der Waals surface area contributed by atoms with Gasteiger partial charge in [0, 0.05) is 32.6 Å². The second kappa shape index (κ2) is 10.8. The molecule has 1 aromatic heterocycles. The van der Waals surface area contributed by atoms with Gasteiger partial charge in [0.1, 0.15) is 5.60 Å². The summed E-state index contributed by atoms with van der Waals surface area (Å²) in [7, 11) is -3.83. The lowest BCUT2D eigenvalue weighted by Crippen LogP contribution is -2.54. The first kappa shape index (κ1) is 27.0.